The first-order valence-corrected chi connectivity index (χ1v) is 5.84. The normalized spacial score (nSPS) is 9.28. The highest BCUT2D eigenvalue weighted by molar-refractivity contribution is 7.99. The van der Waals surface area contributed by atoms with Gasteiger partial charge in [0, 0.05) is 16.0 Å². The maximum Gasteiger partial charge on any atom is 0.119 e. The van der Waals surface area contributed by atoms with Crippen LogP contribution >= 0.6 is 11.8 Å². The van der Waals surface area contributed by atoms with Crippen molar-refractivity contribution in [3.63, 3.8) is 0 Å². The lowest BCUT2D eigenvalue weighted by Gasteiger charge is -2.04. The lowest BCUT2D eigenvalue weighted by Crippen LogP contribution is -1.85. The third-order valence-corrected chi connectivity index (χ3v) is 3.20. The quantitative estimate of drug-likeness (QED) is 0.469. The maximum absolute atomic E-state index is 8.98. The highest BCUT2D eigenvalue weighted by Crippen LogP contribution is 2.35. The monoisotopic (exact) mass is 253 g/mol. The predicted octanol–water partition coefficient (Wildman–Crippen LogP) is 4.05. The number of hydrogen-bond acceptors (Lipinski definition) is 4. The van der Waals surface area contributed by atoms with Gasteiger partial charge >= 0.3 is 0 Å². The second kappa shape index (κ2) is 5.73. The molecule has 5 nitrogen and oxygen atoms in total. The Morgan fingerprint density at radius 3 is 2.89 bits per heavy atom. The first kappa shape index (κ1) is 12.0. The maximum atomic E-state index is 8.98. The summed E-state index contributed by atoms with van der Waals surface area (Å²) in [6.45, 7) is 0. The van der Waals surface area contributed by atoms with E-state index in [1.165, 1.54) is 11.8 Å². The number of azide groups is 1. The van der Waals surface area contributed by atoms with E-state index >= 15 is 0 Å². The molecule has 2 rings (SSSR count). The molecule has 2 aromatic rings. The molecule has 6 heteroatoms. The van der Waals surface area contributed by atoms with Gasteiger partial charge in [-0.3, -0.25) is 0 Å². The summed E-state index contributed by atoms with van der Waals surface area (Å²) in [5, 5.41) is 13.2. The van der Waals surface area contributed by atoms with E-state index in [4.69, 9.17) is 10.8 Å². The van der Waals surface area contributed by atoms with Gasteiger partial charge in [0.05, 0.1) is 11.3 Å². The zero-order chi connectivity index (χ0) is 12.8. The van der Waals surface area contributed by atoms with E-state index in [1.807, 2.05) is 12.1 Å². The van der Waals surface area contributed by atoms with Crippen molar-refractivity contribution in [3.8, 4) is 6.07 Å². The van der Waals surface area contributed by atoms with Gasteiger partial charge in [-0.05, 0) is 23.7 Å². The molecular weight excluding hydrogens is 246 g/mol. The summed E-state index contributed by atoms with van der Waals surface area (Å²) in [5.41, 5.74) is 9.52. The molecule has 0 fully saturated rings. The van der Waals surface area contributed by atoms with Gasteiger partial charge in [0.2, 0.25) is 0 Å². The molecule has 0 unspecified atom stereocenters. The van der Waals surface area contributed by atoms with Crippen molar-refractivity contribution in [1.29, 1.82) is 5.26 Å². The molecule has 18 heavy (non-hydrogen) atoms. The molecule has 0 atom stereocenters. The van der Waals surface area contributed by atoms with Gasteiger partial charge in [0.15, 0.2) is 0 Å². The molecule has 86 valence electrons. The number of benzene rings is 1. The fourth-order valence-corrected chi connectivity index (χ4v) is 2.24. The van der Waals surface area contributed by atoms with Gasteiger partial charge < -0.3 is 0 Å². The van der Waals surface area contributed by atoms with E-state index in [1.54, 1.807) is 30.5 Å². The lowest BCUT2D eigenvalue weighted by molar-refractivity contribution is 1.11. The van der Waals surface area contributed by atoms with Crippen LogP contribution in [-0.4, -0.2) is 4.98 Å². The highest BCUT2D eigenvalue weighted by Gasteiger charge is 2.07. The van der Waals surface area contributed by atoms with Crippen LogP contribution in [0.1, 0.15) is 5.56 Å². The Hall–Kier alpha value is -2.48. The van der Waals surface area contributed by atoms with Crippen LogP contribution in [0.3, 0.4) is 0 Å². The molecule has 0 aliphatic heterocycles. The molecule has 1 aromatic carbocycles. The fraction of sp³-hybridized carbons (Fsp3) is 0. The Labute approximate surface area is 108 Å². The summed E-state index contributed by atoms with van der Waals surface area (Å²) < 4.78 is 0. The van der Waals surface area contributed by atoms with Gasteiger partial charge in [-0.2, -0.15) is 5.26 Å². The van der Waals surface area contributed by atoms with Gasteiger partial charge in [0.1, 0.15) is 11.1 Å². The summed E-state index contributed by atoms with van der Waals surface area (Å²) in [4.78, 5) is 7.70. The smallest absolute Gasteiger partial charge is 0.119 e. The van der Waals surface area contributed by atoms with E-state index in [9.17, 15) is 0 Å². The van der Waals surface area contributed by atoms with Crippen molar-refractivity contribution in [1.82, 2.24) is 4.98 Å². The Morgan fingerprint density at radius 1 is 1.28 bits per heavy atom. The standard InChI is InChI=1S/C12H7N5S/c13-8-9-4-3-7-15-12(9)18-11-6-2-1-5-10(11)16-17-14/h1-7H. The second-order valence-corrected chi connectivity index (χ2v) is 4.26. The van der Waals surface area contributed by atoms with E-state index in [2.05, 4.69) is 21.1 Å². The van der Waals surface area contributed by atoms with Gasteiger partial charge in [-0.25, -0.2) is 4.98 Å². The van der Waals surface area contributed by atoms with Crippen LogP contribution in [0.15, 0.2) is 57.6 Å². The number of nitrogens with zero attached hydrogens (tertiary/aromatic N) is 5. The lowest BCUT2D eigenvalue weighted by atomic mass is 10.3. The highest BCUT2D eigenvalue weighted by atomic mass is 32.2. The summed E-state index contributed by atoms with van der Waals surface area (Å²) in [5.74, 6) is 0. The van der Waals surface area contributed by atoms with Crippen LogP contribution in [-0.2, 0) is 0 Å². The van der Waals surface area contributed by atoms with Crippen molar-refractivity contribution in [2.45, 2.75) is 9.92 Å². The summed E-state index contributed by atoms with van der Waals surface area (Å²) in [7, 11) is 0. The van der Waals surface area contributed by atoms with E-state index in [0.717, 1.165) is 4.90 Å². The Bertz CT molecular complexity index is 656. The molecule has 0 radical (unpaired) electrons. The van der Waals surface area contributed by atoms with E-state index in [0.29, 0.717) is 16.3 Å². The number of pyridine rings is 1. The third kappa shape index (κ3) is 2.61. The fourth-order valence-electron chi connectivity index (χ4n) is 1.34. The van der Waals surface area contributed by atoms with Crippen LogP contribution in [0.5, 0.6) is 0 Å². The van der Waals surface area contributed by atoms with Gasteiger partial charge in [-0.15, -0.1) is 0 Å². The van der Waals surface area contributed by atoms with Crippen molar-refractivity contribution in [2.75, 3.05) is 0 Å². The van der Waals surface area contributed by atoms with Gasteiger partial charge in [-0.1, -0.05) is 35.1 Å². The van der Waals surface area contributed by atoms with Crippen LogP contribution in [0.25, 0.3) is 10.4 Å². The van der Waals surface area contributed by atoms with Crippen LogP contribution in [0, 0.1) is 11.3 Å². The molecule has 0 amide bonds. The van der Waals surface area contributed by atoms with Crippen LogP contribution < -0.4 is 0 Å². The molecule has 0 saturated heterocycles. The first-order valence-electron chi connectivity index (χ1n) is 5.02. The van der Waals surface area contributed by atoms with Crippen LogP contribution in [0.4, 0.5) is 5.69 Å². The predicted molar refractivity (Wildman–Crippen MR) is 68.3 cm³/mol. The molecule has 1 aromatic heterocycles. The Kier molecular flexibility index (Phi) is 3.82. The topological polar surface area (TPSA) is 85.4 Å². The average Bonchev–Trinajstić information content (AvgIpc) is 2.42. The zero-order valence-electron chi connectivity index (χ0n) is 9.19. The molecular formula is C12H7N5S. The van der Waals surface area contributed by atoms with E-state index < -0.39 is 0 Å². The molecule has 0 aliphatic carbocycles. The second-order valence-electron chi connectivity index (χ2n) is 3.23. The number of aromatic nitrogens is 1. The molecule has 0 saturated carbocycles. The van der Waals surface area contributed by atoms with Crippen molar-refractivity contribution >= 4 is 17.4 Å². The minimum absolute atomic E-state index is 0.498. The Balaban J connectivity index is 2.40. The molecule has 0 spiro atoms. The third-order valence-electron chi connectivity index (χ3n) is 2.12. The summed E-state index contributed by atoms with van der Waals surface area (Å²) in [6, 6.07) is 12.7. The van der Waals surface area contributed by atoms with Crippen molar-refractivity contribution in [2.24, 2.45) is 5.11 Å². The SMILES string of the molecule is N#Cc1cccnc1Sc1ccccc1N=[N+]=[N-]. The molecule has 1 heterocycles. The number of nitriles is 1. The summed E-state index contributed by atoms with van der Waals surface area (Å²) in [6.07, 6.45) is 1.62. The molecule has 0 N–H and O–H groups in total. The molecule has 0 aliphatic rings. The largest absolute Gasteiger partial charge is 0.248 e. The van der Waals surface area contributed by atoms with E-state index in [-0.39, 0.29) is 0 Å². The van der Waals surface area contributed by atoms with Gasteiger partial charge in [0.25, 0.3) is 0 Å². The first-order chi connectivity index (χ1) is 8.85. The van der Waals surface area contributed by atoms with Crippen molar-refractivity contribution in [3.05, 3.63) is 58.6 Å². The summed E-state index contributed by atoms with van der Waals surface area (Å²) >= 11 is 1.31. The molecule has 0 bridgehead atoms. The Morgan fingerprint density at radius 2 is 2.11 bits per heavy atom. The average molecular weight is 253 g/mol. The van der Waals surface area contributed by atoms with Crippen molar-refractivity contribution < 1.29 is 0 Å². The zero-order valence-corrected chi connectivity index (χ0v) is 10.0. The number of rotatable bonds is 3. The minimum atomic E-state index is 0.498. The minimum Gasteiger partial charge on any atom is -0.248 e. The van der Waals surface area contributed by atoms with Crippen LogP contribution in [0.2, 0.25) is 0 Å². The number of hydrogen-bond donors (Lipinski definition) is 0.